The quantitative estimate of drug-likeness (QED) is 0.725. The van der Waals surface area contributed by atoms with Crippen LogP contribution >= 0.6 is 0 Å². The van der Waals surface area contributed by atoms with Crippen molar-refractivity contribution in [1.29, 1.82) is 0 Å². The van der Waals surface area contributed by atoms with Gasteiger partial charge in [-0.1, -0.05) is 31.5 Å². The molecule has 1 aromatic carbocycles. The number of rotatable bonds is 7. The van der Waals surface area contributed by atoms with Gasteiger partial charge in [0.05, 0.1) is 13.0 Å². The highest BCUT2D eigenvalue weighted by Crippen LogP contribution is 2.10. The number of carbonyl (C=O) groups is 2. The third-order valence-electron chi connectivity index (χ3n) is 3.06. The number of benzene rings is 1. The zero-order chi connectivity index (χ0) is 15.8. The molecule has 1 amide bonds. The van der Waals surface area contributed by atoms with E-state index in [9.17, 15) is 9.59 Å². The largest absolute Gasteiger partial charge is 0.466 e. The summed E-state index contributed by atoms with van der Waals surface area (Å²) in [6, 6.07) is 7.50. The van der Waals surface area contributed by atoms with Crippen molar-refractivity contribution in [3.05, 3.63) is 35.4 Å². The van der Waals surface area contributed by atoms with Gasteiger partial charge in [-0.05, 0) is 31.9 Å². The van der Waals surface area contributed by atoms with Crippen molar-refractivity contribution in [2.45, 2.75) is 34.1 Å². The average molecular weight is 291 g/mol. The molecular formula is C17H25NO3. The summed E-state index contributed by atoms with van der Waals surface area (Å²) in [5, 5.41) is 0. The van der Waals surface area contributed by atoms with Gasteiger partial charge in [-0.15, -0.1) is 0 Å². The Labute approximate surface area is 127 Å². The summed E-state index contributed by atoms with van der Waals surface area (Å²) in [4.78, 5) is 25.7. The second kappa shape index (κ2) is 8.45. The second-order valence-corrected chi connectivity index (χ2v) is 5.57. The van der Waals surface area contributed by atoms with Crippen LogP contribution in [0.5, 0.6) is 0 Å². The van der Waals surface area contributed by atoms with E-state index in [1.807, 2.05) is 31.2 Å². The fourth-order valence-corrected chi connectivity index (χ4v) is 2.05. The number of hydrogen-bond acceptors (Lipinski definition) is 3. The topological polar surface area (TPSA) is 46.6 Å². The Morgan fingerprint density at radius 2 is 1.81 bits per heavy atom. The number of hydrogen-bond donors (Lipinski definition) is 0. The minimum Gasteiger partial charge on any atom is -0.466 e. The summed E-state index contributed by atoms with van der Waals surface area (Å²) in [7, 11) is 0. The molecular weight excluding hydrogens is 266 g/mol. The third-order valence-corrected chi connectivity index (χ3v) is 3.06. The number of aryl methyl sites for hydroxylation is 1. The molecule has 0 aliphatic rings. The lowest BCUT2D eigenvalue weighted by atomic mass is 10.1. The summed E-state index contributed by atoms with van der Waals surface area (Å²) in [6.45, 7) is 9.27. The van der Waals surface area contributed by atoms with E-state index in [0.717, 1.165) is 5.56 Å². The number of nitrogens with zero attached hydrogens (tertiary/aromatic N) is 1. The summed E-state index contributed by atoms with van der Waals surface area (Å²) in [6.07, 6.45) is 0.234. The van der Waals surface area contributed by atoms with Crippen LogP contribution in [0.2, 0.25) is 0 Å². The molecule has 0 aliphatic heterocycles. The maximum Gasteiger partial charge on any atom is 0.307 e. The highest BCUT2D eigenvalue weighted by atomic mass is 16.5. The van der Waals surface area contributed by atoms with E-state index >= 15 is 0 Å². The molecule has 1 rings (SSSR count). The van der Waals surface area contributed by atoms with Crippen LogP contribution in [0.3, 0.4) is 0 Å². The lowest BCUT2D eigenvalue weighted by Crippen LogP contribution is -2.36. The maximum absolute atomic E-state index is 12.5. The Morgan fingerprint density at radius 1 is 1.19 bits per heavy atom. The van der Waals surface area contributed by atoms with Crippen molar-refractivity contribution in [3.8, 4) is 0 Å². The first kappa shape index (κ1) is 17.2. The summed E-state index contributed by atoms with van der Waals surface area (Å²) >= 11 is 0. The molecule has 4 nitrogen and oxygen atoms in total. The van der Waals surface area contributed by atoms with Gasteiger partial charge in [-0.25, -0.2) is 0 Å². The lowest BCUT2D eigenvalue weighted by molar-refractivity contribution is -0.143. The third kappa shape index (κ3) is 5.98. The van der Waals surface area contributed by atoms with Gasteiger partial charge in [0.2, 0.25) is 0 Å². The first-order valence-electron chi connectivity index (χ1n) is 7.45. The van der Waals surface area contributed by atoms with Crippen molar-refractivity contribution in [3.63, 3.8) is 0 Å². The Balaban J connectivity index is 2.74. The zero-order valence-corrected chi connectivity index (χ0v) is 13.4. The first-order valence-corrected chi connectivity index (χ1v) is 7.45. The van der Waals surface area contributed by atoms with Crippen molar-refractivity contribution in [2.75, 3.05) is 19.7 Å². The molecule has 1 aromatic rings. The molecule has 0 atom stereocenters. The van der Waals surface area contributed by atoms with Crippen LogP contribution in [0, 0.1) is 12.8 Å². The molecule has 0 unspecified atom stereocenters. The van der Waals surface area contributed by atoms with Gasteiger partial charge in [-0.2, -0.15) is 0 Å². The molecule has 0 saturated heterocycles. The SMILES string of the molecule is CCOC(=O)CCN(CC(C)C)C(=O)c1ccc(C)cc1. The van der Waals surface area contributed by atoms with Crippen molar-refractivity contribution in [2.24, 2.45) is 5.92 Å². The van der Waals surface area contributed by atoms with Gasteiger partial charge in [0.1, 0.15) is 0 Å². The Kier molecular flexibility index (Phi) is 6.92. The number of amides is 1. The summed E-state index contributed by atoms with van der Waals surface area (Å²) in [5.74, 6) is 0.0533. The monoisotopic (exact) mass is 291 g/mol. The van der Waals surface area contributed by atoms with Crippen LogP contribution in [0.15, 0.2) is 24.3 Å². The number of ether oxygens (including phenoxy) is 1. The highest BCUT2D eigenvalue weighted by Gasteiger charge is 2.18. The molecule has 0 N–H and O–H groups in total. The van der Waals surface area contributed by atoms with Gasteiger partial charge in [0.15, 0.2) is 0 Å². The smallest absolute Gasteiger partial charge is 0.307 e. The second-order valence-electron chi connectivity index (χ2n) is 5.57. The molecule has 0 saturated carbocycles. The Morgan fingerprint density at radius 3 is 2.33 bits per heavy atom. The molecule has 21 heavy (non-hydrogen) atoms. The van der Waals surface area contributed by atoms with E-state index in [0.29, 0.717) is 31.2 Å². The predicted octanol–water partition coefficient (Wildman–Crippen LogP) is 3.05. The molecule has 0 radical (unpaired) electrons. The molecule has 116 valence electrons. The molecule has 0 spiro atoms. The lowest BCUT2D eigenvalue weighted by Gasteiger charge is -2.24. The van der Waals surface area contributed by atoms with E-state index in [1.54, 1.807) is 11.8 Å². The standard InChI is InChI=1S/C17H25NO3/c1-5-21-16(19)10-11-18(12-13(2)3)17(20)15-8-6-14(4)7-9-15/h6-9,13H,5,10-12H2,1-4H3. The summed E-state index contributed by atoms with van der Waals surface area (Å²) < 4.78 is 4.92. The molecule has 0 bridgehead atoms. The van der Waals surface area contributed by atoms with Gasteiger partial charge in [-0.3, -0.25) is 9.59 Å². The van der Waals surface area contributed by atoms with Crippen molar-refractivity contribution in [1.82, 2.24) is 4.90 Å². The van der Waals surface area contributed by atoms with Crippen LogP contribution in [0.1, 0.15) is 43.1 Å². The van der Waals surface area contributed by atoms with E-state index in [4.69, 9.17) is 4.74 Å². The van der Waals surface area contributed by atoms with Gasteiger partial charge >= 0.3 is 5.97 Å². The number of esters is 1. The van der Waals surface area contributed by atoms with E-state index in [1.165, 1.54) is 0 Å². The van der Waals surface area contributed by atoms with Crippen LogP contribution < -0.4 is 0 Å². The number of carbonyl (C=O) groups excluding carboxylic acids is 2. The fourth-order valence-electron chi connectivity index (χ4n) is 2.05. The fraction of sp³-hybridized carbons (Fsp3) is 0.529. The maximum atomic E-state index is 12.5. The highest BCUT2D eigenvalue weighted by molar-refractivity contribution is 5.94. The molecule has 4 heteroatoms. The van der Waals surface area contributed by atoms with Gasteiger partial charge < -0.3 is 9.64 Å². The van der Waals surface area contributed by atoms with Crippen LogP contribution in [-0.4, -0.2) is 36.5 Å². The molecule has 0 aromatic heterocycles. The van der Waals surface area contributed by atoms with Crippen molar-refractivity contribution >= 4 is 11.9 Å². The Bertz CT molecular complexity index is 465. The summed E-state index contributed by atoms with van der Waals surface area (Å²) in [5.41, 5.74) is 1.78. The zero-order valence-electron chi connectivity index (χ0n) is 13.4. The Hall–Kier alpha value is -1.84. The van der Waals surface area contributed by atoms with Gasteiger partial charge in [0, 0.05) is 18.7 Å². The molecule has 0 heterocycles. The normalized spacial score (nSPS) is 10.5. The predicted molar refractivity (Wildman–Crippen MR) is 83.2 cm³/mol. The first-order chi connectivity index (χ1) is 9.93. The van der Waals surface area contributed by atoms with Crippen LogP contribution in [-0.2, 0) is 9.53 Å². The molecule has 0 fully saturated rings. The average Bonchev–Trinajstić information content (AvgIpc) is 2.43. The van der Waals surface area contributed by atoms with Crippen LogP contribution in [0.4, 0.5) is 0 Å². The van der Waals surface area contributed by atoms with E-state index in [-0.39, 0.29) is 18.3 Å². The van der Waals surface area contributed by atoms with Crippen molar-refractivity contribution < 1.29 is 14.3 Å². The van der Waals surface area contributed by atoms with E-state index in [2.05, 4.69) is 13.8 Å². The minimum absolute atomic E-state index is 0.0343. The van der Waals surface area contributed by atoms with Crippen LogP contribution in [0.25, 0.3) is 0 Å². The molecule has 0 aliphatic carbocycles. The van der Waals surface area contributed by atoms with E-state index < -0.39 is 0 Å². The van der Waals surface area contributed by atoms with Gasteiger partial charge in [0.25, 0.3) is 5.91 Å². The minimum atomic E-state index is -0.261.